The van der Waals surface area contributed by atoms with Crippen LogP contribution < -0.4 is 10.1 Å². The van der Waals surface area contributed by atoms with Gasteiger partial charge in [-0.1, -0.05) is 12.1 Å². The Labute approximate surface area is 126 Å². The Morgan fingerprint density at radius 1 is 1.21 bits per heavy atom. The molecule has 0 aliphatic carbocycles. The third-order valence-electron chi connectivity index (χ3n) is 2.78. The monoisotopic (exact) mass is 367 g/mol. The van der Waals surface area contributed by atoms with E-state index in [9.17, 15) is 4.79 Å². The van der Waals surface area contributed by atoms with Gasteiger partial charge >= 0.3 is 0 Å². The van der Waals surface area contributed by atoms with Gasteiger partial charge in [0.2, 0.25) is 0 Å². The van der Waals surface area contributed by atoms with Crippen LogP contribution in [-0.4, -0.2) is 13.0 Å². The fourth-order valence-electron chi connectivity index (χ4n) is 1.69. The highest BCUT2D eigenvalue weighted by Gasteiger charge is 2.08. The average molecular weight is 367 g/mol. The van der Waals surface area contributed by atoms with Crippen LogP contribution in [0.1, 0.15) is 15.9 Å². The van der Waals surface area contributed by atoms with E-state index in [-0.39, 0.29) is 5.91 Å². The fourth-order valence-corrected chi connectivity index (χ4v) is 2.18. The number of amides is 1. The number of benzene rings is 2. The lowest BCUT2D eigenvalue weighted by Crippen LogP contribution is -2.12. The molecular weight excluding hydrogens is 353 g/mol. The maximum absolute atomic E-state index is 12.2. The normalized spacial score (nSPS) is 10.1. The van der Waals surface area contributed by atoms with Crippen LogP contribution in [0.2, 0.25) is 0 Å². The quantitative estimate of drug-likeness (QED) is 0.837. The average Bonchev–Trinajstić information content (AvgIpc) is 2.43. The van der Waals surface area contributed by atoms with Crippen LogP contribution in [0.25, 0.3) is 0 Å². The first kappa shape index (κ1) is 13.9. The molecule has 19 heavy (non-hydrogen) atoms. The van der Waals surface area contributed by atoms with E-state index in [1.807, 2.05) is 31.2 Å². The van der Waals surface area contributed by atoms with Crippen molar-refractivity contribution in [3.05, 3.63) is 57.2 Å². The van der Waals surface area contributed by atoms with Gasteiger partial charge in [0.05, 0.1) is 7.11 Å². The molecule has 1 amide bonds. The topological polar surface area (TPSA) is 38.3 Å². The summed E-state index contributed by atoms with van der Waals surface area (Å²) in [5.74, 6) is 0.538. The Morgan fingerprint density at radius 2 is 2.00 bits per heavy atom. The number of methoxy groups -OCH3 is 1. The van der Waals surface area contributed by atoms with Crippen LogP contribution in [0.4, 0.5) is 5.69 Å². The number of halogens is 1. The minimum atomic E-state index is -0.135. The van der Waals surface area contributed by atoms with Gasteiger partial charge in [-0.15, -0.1) is 0 Å². The first-order valence-corrected chi connectivity index (χ1v) is 6.89. The molecule has 0 aliphatic heterocycles. The highest BCUT2D eigenvalue weighted by Crippen LogP contribution is 2.20. The van der Waals surface area contributed by atoms with Gasteiger partial charge in [-0.05, 0) is 65.4 Å². The number of ether oxygens (including phenoxy) is 1. The molecule has 0 aliphatic rings. The van der Waals surface area contributed by atoms with Gasteiger partial charge < -0.3 is 10.1 Å². The van der Waals surface area contributed by atoms with Crippen molar-refractivity contribution in [3.8, 4) is 5.75 Å². The van der Waals surface area contributed by atoms with Crippen LogP contribution in [0, 0.1) is 10.5 Å². The summed E-state index contributed by atoms with van der Waals surface area (Å²) in [6, 6.07) is 13.1. The summed E-state index contributed by atoms with van der Waals surface area (Å²) in [5.41, 5.74) is 2.45. The summed E-state index contributed by atoms with van der Waals surface area (Å²) in [6.45, 7) is 1.97. The van der Waals surface area contributed by atoms with Gasteiger partial charge in [0.25, 0.3) is 5.91 Å². The van der Waals surface area contributed by atoms with Crippen LogP contribution in [0.15, 0.2) is 42.5 Å². The lowest BCUT2D eigenvalue weighted by atomic mass is 10.1. The predicted octanol–water partition coefficient (Wildman–Crippen LogP) is 3.86. The van der Waals surface area contributed by atoms with Crippen LogP contribution in [0.3, 0.4) is 0 Å². The molecule has 0 heterocycles. The summed E-state index contributed by atoms with van der Waals surface area (Å²) in [6.07, 6.45) is 0. The summed E-state index contributed by atoms with van der Waals surface area (Å²) in [5, 5.41) is 2.92. The first-order chi connectivity index (χ1) is 9.10. The minimum Gasteiger partial charge on any atom is -0.497 e. The molecule has 0 spiro atoms. The van der Waals surface area contributed by atoms with Gasteiger partial charge in [0, 0.05) is 14.8 Å². The van der Waals surface area contributed by atoms with Gasteiger partial charge in [0.1, 0.15) is 5.75 Å². The molecule has 0 fully saturated rings. The lowest BCUT2D eigenvalue weighted by molar-refractivity contribution is 0.102. The van der Waals surface area contributed by atoms with E-state index in [1.54, 1.807) is 25.3 Å². The number of carbonyl (C=O) groups is 1. The van der Waals surface area contributed by atoms with Crippen molar-refractivity contribution in [3.63, 3.8) is 0 Å². The molecule has 0 bridgehead atoms. The molecule has 4 heteroatoms. The van der Waals surface area contributed by atoms with Crippen molar-refractivity contribution in [2.45, 2.75) is 6.92 Å². The van der Waals surface area contributed by atoms with Crippen molar-refractivity contribution < 1.29 is 9.53 Å². The Hall–Kier alpha value is -1.56. The third-order valence-corrected chi connectivity index (χ3v) is 3.45. The van der Waals surface area contributed by atoms with Gasteiger partial charge in [-0.3, -0.25) is 4.79 Å². The zero-order chi connectivity index (χ0) is 13.8. The molecular formula is C15H14INO2. The highest BCUT2D eigenvalue weighted by atomic mass is 127. The van der Waals surface area contributed by atoms with Crippen molar-refractivity contribution in [1.82, 2.24) is 0 Å². The largest absolute Gasteiger partial charge is 0.497 e. The van der Waals surface area contributed by atoms with E-state index in [1.165, 1.54) is 0 Å². The van der Waals surface area contributed by atoms with Gasteiger partial charge in [-0.25, -0.2) is 0 Å². The van der Waals surface area contributed by atoms with Gasteiger partial charge in [0.15, 0.2) is 0 Å². The zero-order valence-electron chi connectivity index (χ0n) is 10.7. The summed E-state index contributed by atoms with van der Waals surface area (Å²) in [7, 11) is 1.58. The van der Waals surface area contributed by atoms with E-state index in [2.05, 4.69) is 27.9 Å². The molecule has 1 N–H and O–H groups in total. The Balaban J connectivity index is 2.22. The molecule has 3 nitrogen and oxygen atoms in total. The minimum absolute atomic E-state index is 0.135. The van der Waals surface area contributed by atoms with E-state index >= 15 is 0 Å². The second kappa shape index (κ2) is 6.06. The Morgan fingerprint density at radius 3 is 2.74 bits per heavy atom. The molecule has 0 radical (unpaired) electrons. The standard InChI is InChI=1S/C15H14INO2/c1-10-6-7-12(16)9-14(10)17-15(18)11-4-3-5-13(8-11)19-2/h3-9H,1-2H3,(H,17,18). The van der Waals surface area contributed by atoms with Crippen molar-refractivity contribution in [1.29, 1.82) is 0 Å². The SMILES string of the molecule is COc1cccc(C(=O)Nc2cc(I)ccc2C)c1. The number of aryl methyl sites for hydroxylation is 1. The predicted molar refractivity (Wildman–Crippen MR) is 84.8 cm³/mol. The van der Waals surface area contributed by atoms with Crippen molar-refractivity contribution in [2.24, 2.45) is 0 Å². The number of anilines is 1. The molecule has 0 aromatic heterocycles. The lowest BCUT2D eigenvalue weighted by Gasteiger charge is -2.09. The van der Waals surface area contributed by atoms with Crippen LogP contribution in [0.5, 0.6) is 5.75 Å². The molecule has 2 aromatic carbocycles. The second-order valence-electron chi connectivity index (χ2n) is 4.15. The van der Waals surface area contributed by atoms with Crippen molar-refractivity contribution in [2.75, 3.05) is 12.4 Å². The van der Waals surface area contributed by atoms with Gasteiger partial charge in [-0.2, -0.15) is 0 Å². The Bertz CT molecular complexity index is 611. The first-order valence-electron chi connectivity index (χ1n) is 5.81. The maximum atomic E-state index is 12.2. The molecule has 98 valence electrons. The zero-order valence-corrected chi connectivity index (χ0v) is 12.9. The third kappa shape index (κ3) is 3.47. The number of nitrogens with one attached hydrogen (secondary N) is 1. The molecule has 2 aromatic rings. The van der Waals surface area contributed by atoms with Crippen LogP contribution in [-0.2, 0) is 0 Å². The second-order valence-corrected chi connectivity index (χ2v) is 5.39. The maximum Gasteiger partial charge on any atom is 0.255 e. The number of hydrogen-bond acceptors (Lipinski definition) is 2. The molecule has 0 unspecified atom stereocenters. The van der Waals surface area contributed by atoms with E-state index in [0.717, 1.165) is 14.8 Å². The number of carbonyl (C=O) groups excluding carboxylic acids is 1. The molecule has 0 saturated heterocycles. The fraction of sp³-hybridized carbons (Fsp3) is 0.133. The smallest absolute Gasteiger partial charge is 0.255 e. The number of rotatable bonds is 3. The highest BCUT2D eigenvalue weighted by molar-refractivity contribution is 14.1. The number of hydrogen-bond donors (Lipinski definition) is 1. The Kier molecular flexibility index (Phi) is 4.42. The molecule has 0 saturated carbocycles. The van der Waals surface area contributed by atoms with Crippen molar-refractivity contribution >= 4 is 34.2 Å². The van der Waals surface area contributed by atoms with E-state index in [4.69, 9.17) is 4.74 Å². The summed E-state index contributed by atoms with van der Waals surface area (Å²) in [4.78, 5) is 12.2. The molecule has 0 atom stereocenters. The summed E-state index contributed by atoms with van der Waals surface area (Å²) < 4.78 is 6.20. The molecule has 2 rings (SSSR count). The van der Waals surface area contributed by atoms with E-state index in [0.29, 0.717) is 11.3 Å². The van der Waals surface area contributed by atoms with Crippen LogP contribution >= 0.6 is 22.6 Å². The van der Waals surface area contributed by atoms with E-state index < -0.39 is 0 Å². The summed E-state index contributed by atoms with van der Waals surface area (Å²) >= 11 is 2.22.